The van der Waals surface area contributed by atoms with Crippen molar-refractivity contribution >= 4 is 0 Å². The third-order valence-corrected chi connectivity index (χ3v) is 3.22. The third-order valence-electron chi connectivity index (χ3n) is 3.22. The van der Waals surface area contributed by atoms with Gasteiger partial charge >= 0.3 is 0 Å². The van der Waals surface area contributed by atoms with Gasteiger partial charge in [-0.3, -0.25) is 0 Å². The Morgan fingerprint density at radius 2 is 1.79 bits per heavy atom. The standard InChI is InChI=1S/C14H24/c1-6-8-12-11(3)10-14(4,5)13(12)9-7-2/h8-9,11H,6-7,10H2,1-5H3/b12-8-,13-9+. The second kappa shape index (κ2) is 4.33. The predicted octanol–water partition coefficient (Wildman–Crippen LogP) is 4.73. The smallest absolute Gasteiger partial charge is 0.00983 e. The van der Waals surface area contributed by atoms with Gasteiger partial charge in [0.05, 0.1) is 0 Å². The maximum atomic E-state index is 2.42. The topological polar surface area (TPSA) is 0 Å². The molecule has 1 aliphatic rings. The summed E-state index contributed by atoms with van der Waals surface area (Å²) in [5.74, 6) is 0.753. The van der Waals surface area contributed by atoms with E-state index in [1.54, 1.807) is 11.1 Å². The monoisotopic (exact) mass is 192 g/mol. The predicted molar refractivity (Wildman–Crippen MR) is 64.3 cm³/mol. The SMILES string of the molecule is CC/C=C1\C(=C/CC)C(C)(C)CC1C. The van der Waals surface area contributed by atoms with E-state index in [2.05, 4.69) is 46.8 Å². The van der Waals surface area contributed by atoms with E-state index < -0.39 is 0 Å². The van der Waals surface area contributed by atoms with Gasteiger partial charge < -0.3 is 0 Å². The first-order chi connectivity index (χ1) is 6.53. The quantitative estimate of drug-likeness (QED) is 0.593. The fraction of sp³-hybridized carbons (Fsp3) is 0.714. The van der Waals surface area contributed by atoms with Crippen LogP contribution < -0.4 is 0 Å². The summed E-state index contributed by atoms with van der Waals surface area (Å²) in [4.78, 5) is 0. The maximum absolute atomic E-state index is 2.42. The van der Waals surface area contributed by atoms with Crippen molar-refractivity contribution in [3.63, 3.8) is 0 Å². The normalized spacial score (nSPS) is 31.6. The highest BCUT2D eigenvalue weighted by atomic mass is 14.4. The van der Waals surface area contributed by atoms with Crippen LogP contribution in [-0.2, 0) is 0 Å². The molecule has 0 radical (unpaired) electrons. The summed E-state index contributed by atoms with van der Waals surface area (Å²) in [6.07, 6.45) is 8.47. The summed E-state index contributed by atoms with van der Waals surface area (Å²) in [7, 11) is 0. The molecular weight excluding hydrogens is 168 g/mol. The van der Waals surface area contributed by atoms with Gasteiger partial charge in [-0.25, -0.2) is 0 Å². The molecule has 0 aliphatic heterocycles. The van der Waals surface area contributed by atoms with Crippen LogP contribution in [0.2, 0.25) is 0 Å². The molecule has 0 nitrogen and oxygen atoms in total. The molecule has 0 saturated heterocycles. The van der Waals surface area contributed by atoms with Gasteiger partial charge in [-0.1, -0.05) is 46.8 Å². The minimum Gasteiger partial charge on any atom is -0.0810 e. The minimum absolute atomic E-state index is 0.399. The average molecular weight is 192 g/mol. The summed E-state index contributed by atoms with van der Waals surface area (Å²) in [5.41, 5.74) is 3.62. The lowest BCUT2D eigenvalue weighted by molar-refractivity contribution is 0.421. The van der Waals surface area contributed by atoms with Crippen molar-refractivity contribution in [1.82, 2.24) is 0 Å². The van der Waals surface area contributed by atoms with Crippen molar-refractivity contribution in [2.45, 2.75) is 53.9 Å². The molecule has 0 heteroatoms. The highest BCUT2D eigenvalue weighted by Crippen LogP contribution is 2.49. The van der Waals surface area contributed by atoms with E-state index >= 15 is 0 Å². The molecule has 0 bridgehead atoms. The van der Waals surface area contributed by atoms with Crippen LogP contribution in [0, 0.1) is 11.3 Å². The van der Waals surface area contributed by atoms with Gasteiger partial charge in [0.1, 0.15) is 0 Å². The minimum atomic E-state index is 0.399. The Kier molecular flexibility index (Phi) is 3.58. The first-order valence-electron chi connectivity index (χ1n) is 5.94. The van der Waals surface area contributed by atoms with E-state index in [0.29, 0.717) is 5.41 Å². The van der Waals surface area contributed by atoms with Crippen LogP contribution in [-0.4, -0.2) is 0 Å². The van der Waals surface area contributed by atoms with Crippen LogP contribution in [0.1, 0.15) is 53.9 Å². The lowest BCUT2D eigenvalue weighted by Gasteiger charge is -2.19. The van der Waals surface area contributed by atoms with E-state index in [-0.39, 0.29) is 0 Å². The zero-order chi connectivity index (χ0) is 10.8. The van der Waals surface area contributed by atoms with Crippen molar-refractivity contribution in [1.29, 1.82) is 0 Å². The molecule has 0 aromatic heterocycles. The summed E-state index contributed by atoms with van der Waals surface area (Å²) >= 11 is 0. The van der Waals surface area contributed by atoms with Gasteiger partial charge in [-0.15, -0.1) is 0 Å². The van der Waals surface area contributed by atoms with Gasteiger partial charge in [-0.05, 0) is 41.7 Å². The Morgan fingerprint density at radius 1 is 1.21 bits per heavy atom. The highest BCUT2D eigenvalue weighted by Gasteiger charge is 2.36. The Balaban J connectivity index is 3.06. The Labute approximate surface area is 89.1 Å². The molecule has 1 atom stereocenters. The van der Waals surface area contributed by atoms with Crippen LogP contribution in [0.5, 0.6) is 0 Å². The summed E-state index contributed by atoms with van der Waals surface area (Å²) in [6.45, 7) is 11.6. The van der Waals surface area contributed by atoms with Crippen LogP contribution >= 0.6 is 0 Å². The van der Waals surface area contributed by atoms with Gasteiger partial charge in [0, 0.05) is 0 Å². The van der Waals surface area contributed by atoms with E-state index in [1.165, 1.54) is 6.42 Å². The second-order valence-corrected chi connectivity index (χ2v) is 5.08. The molecule has 0 spiro atoms. The van der Waals surface area contributed by atoms with E-state index in [4.69, 9.17) is 0 Å². The molecule has 0 aromatic rings. The largest absolute Gasteiger partial charge is 0.0810 e. The molecule has 1 unspecified atom stereocenters. The maximum Gasteiger partial charge on any atom is -0.00983 e. The van der Waals surface area contributed by atoms with Crippen molar-refractivity contribution in [3.05, 3.63) is 23.3 Å². The summed E-state index contributed by atoms with van der Waals surface area (Å²) < 4.78 is 0. The van der Waals surface area contributed by atoms with Crippen LogP contribution in [0.4, 0.5) is 0 Å². The molecule has 1 rings (SSSR count). The molecule has 0 amide bonds. The molecule has 0 N–H and O–H groups in total. The molecule has 1 fully saturated rings. The molecule has 14 heavy (non-hydrogen) atoms. The highest BCUT2D eigenvalue weighted by molar-refractivity contribution is 5.42. The van der Waals surface area contributed by atoms with Gasteiger partial charge in [-0.2, -0.15) is 0 Å². The number of hydrogen-bond donors (Lipinski definition) is 0. The summed E-state index contributed by atoms with van der Waals surface area (Å²) in [6, 6.07) is 0. The Bertz CT molecular complexity index is 253. The average Bonchev–Trinajstić information content (AvgIpc) is 2.28. The molecule has 0 aromatic carbocycles. The van der Waals surface area contributed by atoms with E-state index in [9.17, 15) is 0 Å². The molecule has 1 aliphatic carbocycles. The first kappa shape index (κ1) is 11.6. The zero-order valence-corrected chi connectivity index (χ0v) is 10.4. The fourth-order valence-electron chi connectivity index (χ4n) is 2.77. The lowest BCUT2D eigenvalue weighted by atomic mass is 9.85. The zero-order valence-electron chi connectivity index (χ0n) is 10.4. The van der Waals surface area contributed by atoms with Gasteiger partial charge in [0.15, 0.2) is 0 Å². The first-order valence-corrected chi connectivity index (χ1v) is 5.94. The number of hydrogen-bond acceptors (Lipinski definition) is 0. The van der Waals surface area contributed by atoms with E-state index in [1.807, 2.05) is 0 Å². The van der Waals surface area contributed by atoms with Crippen molar-refractivity contribution in [2.75, 3.05) is 0 Å². The lowest BCUT2D eigenvalue weighted by Crippen LogP contribution is -2.07. The Hall–Kier alpha value is -0.520. The number of allylic oxidation sites excluding steroid dienone is 4. The third kappa shape index (κ3) is 2.10. The molecule has 80 valence electrons. The van der Waals surface area contributed by atoms with Crippen LogP contribution in [0.25, 0.3) is 0 Å². The second-order valence-electron chi connectivity index (χ2n) is 5.08. The molecule has 1 saturated carbocycles. The van der Waals surface area contributed by atoms with Crippen LogP contribution in [0.15, 0.2) is 23.3 Å². The van der Waals surface area contributed by atoms with Crippen molar-refractivity contribution < 1.29 is 0 Å². The number of rotatable bonds is 2. The molecular formula is C14H24. The van der Waals surface area contributed by atoms with Crippen molar-refractivity contribution in [2.24, 2.45) is 11.3 Å². The summed E-state index contributed by atoms with van der Waals surface area (Å²) in [5, 5.41) is 0. The van der Waals surface area contributed by atoms with Crippen LogP contribution in [0.3, 0.4) is 0 Å². The van der Waals surface area contributed by atoms with E-state index in [0.717, 1.165) is 18.8 Å². The van der Waals surface area contributed by atoms with Crippen molar-refractivity contribution in [3.8, 4) is 0 Å². The fourth-order valence-corrected chi connectivity index (χ4v) is 2.77. The van der Waals surface area contributed by atoms with Gasteiger partial charge in [0.25, 0.3) is 0 Å². The Morgan fingerprint density at radius 3 is 2.29 bits per heavy atom. The van der Waals surface area contributed by atoms with Gasteiger partial charge in [0.2, 0.25) is 0 Å². The molecule has 0 heterocycles.